The molecule has 1 heterocycles. The van der Waals surface area contributed by atoms with Crippen molar-refractivity contribution in [2.75, 3.05) is 0 Å². The molecule has 0 unspecified atom stereocenters. The predicted molar refractivity (Wildman–Crippen MR) is 63.7 cm³/mol. The molecule has 0 atom stereocenters. The van der Waals surface area contributed by atoms with Gasteiger partial charge in [-0.25, -0.2) is 4.98 Å². The minimum absolute atomic E-state index is 0. The molecule has 0 fully saturated rings. The number of rotatable bonds is 2. The number of hydrogen-bond acceptors (Lipinski definition) is 2. The second-order valence-electron chi connectivity index (χ2n) is 2.91. The molecule has 0 saturated carbocycles. The normalized spacial score (nSPS) is 9.73. The molecular weight excluding hydrogens is 233 g/mol. The maximum atomic E-state index is 6.03. The van der Waals surface area contributed by atoms with Crippen LogP contribution in [0.4, 0.5) is 0 Å². The second-order valence-corrected chi connectivity index (χ2v) is 3.32. The molecule has 0 bridgehead atoms. The van der Waals surface area contributed by atoms with Crippen LogP contribution < -0.4 is 5.73 Å². The number of aromatic nitrogens is 2. The summed E-state index contributed by atoms with van der Waals surface area (Å²) in [5.74, 6) is 0. The molecule has 0 amide bonds. The van der Waals surface area contributed by atoms with Crippen molar-refractivity contribution in [2.24, 2.45) is 5.73 Å². The lowest BCUT2D eigenvalue weighted by Gasteiger charge is -2.09. The highest BCUT2D eigenvalue weighted by molar-refractivity contribution is 6.31. The van der Waals surface area contributed by atoms with Gasteiger partial charge in [-0.2, -0.15) is 0 Å². The monoisotopic (exact) mass is 243 g/mol. The first kappa shape index (κ1) is 12.0. The zero-order chi connectivity index (χ0) is 9.97. The highest BCUT2D eigenvalue weighted by atomic mass is 35.5. The smallest absolute Gasteiger partial charge is 0.0991 e. The Balaban J connectivity index is 0.00000112. The van der Waals surface area contributed by atoms with Crippen molar-refractivity contribution in [3.05, 3.63) is 47.5 Å². The van der Waals surface area contributed by atoms with Gasteiger partial charge in [-0.1, -0.05) is 17.7 Å². The van der Waals surface area contributed by atoms with E-state index in [2.05, 4.69) is 4.98 Å². The lowest BCUT2D eigenvalue weighted by Crippen LogP contribution is -2.03. The van der Waals surface area contributed by atoms with Crippen molar-refractivity contribution in [1.29, 1.82) is 0 Å². The van der Waals surface area contributed by atoms with Gasteiger partial charge in [-0.05, 0) is 12.1 Å². The topological polar surface area (TPSA) is 43.8 Å². The summed E-state index contributed by atoms with van der Waals surface area (Å²) in [6.07, 6.45) is 5.32. The zero-order valence-corrected chi connectivity index (χ0v) is 9.50. The highest BCUT2D eigenvalue weighted by Gasteiger charge is 2.05. The van der Waals surface area contributed by atoms with Crippen LogP contribution in [0.25, 0.3) is 5.69 Å². The van der Waals surface area contributed by atoms with Gasteiger partial charge in [0.05, 0.1) is 12.0 Å². The summed E-state index contributed by atoms with van der Waals surface area (Å²) < 4.78 is 1.90. The third-order valence-electron chi connectivity index (χ3n) is 2.08. The summed E-state index contributed by atoms with van der Waals surface area (Å²) in [6, 6.07) is 5.71. The lowest BCUT2D eigenvalue weighted by atomic mass is 10.2. The largest absolute Gasteiger partial charge is 0.326 e. The van der Waals surface area contributed by atoms with Crippen LogP contribution in [-0.2, 0) is 6.54 Å². The molecule has 0 spiro atoms. The standard InChI is InChI=1S/C10H10ClN3.ClH/c11-9-2-1-3-10(8(9)6-12)14-5-4-13-7-14;/h1-5,7H,6,12H2;1H. The number of benzene rings is 1. The maximum absolute atomic E-state index is 6.03. The summed E-state index contributed by atoms with van der Waals surface area (Å²) in [5, 5.41) is 0.693. The van der Waals surface area contributed by atoms with E-state index in [0.717, 1.165) is 11.3 Å². The van der Waals surface area contributed by atoms with Crippen LogP contribution in [0.3, 0.4) is 0 Å². The van der Waals surface area contributed by atoms with Gasteiger partial charge in [-0.3, -0.25) is 0 Å². The molecule has 0 aliphatic rings. The first-order valence-electron chi connectivity index (χ1n) is 4.28. The highest BCUT2D eigenvalue weighted by Crippen LogP contribution is 2.22. The van der Waals surface area contributed by atoms with E-state index >= 15 is 0 Å². The Bertz CT molecular complexity index is 426. The van der Waals surface area contributed by atoms with Gasteiger partial charge in [0.1, 0.15) is 0 Å². The molecule has 0 aliphatic carbocycles. The summed E-state index contributed by atoms with van der Waals surface area (Å²) >= 11 is 6.03. The van der Waals surface area contributed by atoms with Crippen LogP contribution in [-0.4, -0.2) is 9.55 Å². The Hall–Kier alpha value is -1.03. The number of nitrogens with two attached hydrogens (primary N) is 1. The Morgan fingerprint density at radius 1 is 1.40 bits per heavy atom. The molecule has 80 valence electrons. The van der Waals surface area contributed by atoms with E-state index in [0.29, 0.717) is 11.6 Å². The Kier molecular flexibility index (Phi) is 4.15. The van der Waals surface area contributed by atoms with Gasteiger partial charge in [0.25, 0.3) is 0 Å². The second kappa shape index (κ2) is 5.16. The number of nitrogens with zero attached hydrogens (tertiary/aromatic N) is 2. The van der Waals surface area contributed by atoms with E-state index < -0.39 is 0 Å². The van der Waals surface area contributed by atoms with Gasteiger partial charge in [0.15, 0.2) is 0 Å². The number of imidazole rings is 1. The molecule has 0 saturated heterocycles. The fourth-order valence-corrected chi connectivity index (χ4v) is 1.64. The average Bonchev–Trinajstić information content (AvgIpc) is 2.70. The van der Waals surface area contributed by atoms with Crippen molar-refractivity contribution in [3.8, 4) is 5.69 Å². The molecule has 2 N–H and O–H groups in total. The van der Waals surface area contributed by atoms with Crippen molar-refractivity contribution in [2.45, 2.75) is 6.54 Å². The third-order valence-corrected chi connectivity index (χ3v) is 2.43. The molecule has 1 aromatic heterocycles. The third kappa shape index (κ3) is 2.31. The molecular formula is C10H11Cl2N3. The van der Waals surface area contributed by atoms with Crippen molar-refractivity contribution >= 4 is 24.0 Å². The van der Waals surface area contributed by atoms with Crippen LogP contribution in [0.15, 0.2) is 36.9 Å². The first-order chi connectivity index (χ1) is 6.83. The van der Waals surface area contributed by atoms with Gasteiger partial charge >= 0.3 is 0 Å². The van der Waals surface area contributed by atoms with E-state index in [1.807, 2.05) is 29.0 Å². The molecule has 2 aromatic rings. The maximum Gasteiger partial charge on any atom is 0.0991 e. The summed E-state index contributed by atoms with van der Waals surface area (Å²) in [7, 11) is 0. The fourth-order valence-electron chi connectivity index (χ4n) is 1.39. The van der Waals surface area contributed by atoms with E-state index in [1.165, 1.54) is 0 Å². The van der Waals surface area contributed by atoms with Crippen LogP contribution >= 0.6 is 24.0 Å². The predicted octanol–water partition coefficient (Wildman–Crippen LogP) is 2.41. The Labute approximate surface area is 99.3 Å². The molecule has 15 heavy (non-hydrogen) atoms. The molecule has 2 rings (SSSR count). The SMILES string of the molecule is Cl.NCc1c(Cl)cccc1-n1ccnc1. The van der Waals surface area contributed by atoms with E-state index in [-0.39, 0.29) is 12.4 Å². The van der Waals surface area contributed by atoms with Crippen LogP contribution in [0.1, 0.15) is 5.56 Å². The number of halogens is 2. The summed E-state index contributed by atoms with van der Waals surface area (Å²) in [6.45, 7) is 0.424. The number of hydrogen-bond donors (Lipinski definition) is 1. The van der Waals surface area contributed by atoms with Gasteiger partial charge < -0.3 is 10.3 Å². The van der Waals surface area contributed by atoms with Crippen LogP contribution in [0.2, 0.25) is 5.02 Å². The average molecular weight is 244 g/mol. The van der Waals surface area contributed by atoms with Crippen LogP contribution in [0.5, 0.6) is 0 Å². The molecule has 3 nitrogen and oxygen atoms in total. The molecule has 1 aromatic carbocycles. The van der Waals surface area contributed by atoms with E-state index in [4.69, 9.17) is 17.3 Å². The fraction of sp³-hybridized carbons (Fsp3) is 0.100. The minimum Gasteiger partial charge on any atom is -0.326 e. The first-order valence-corrected chi connectivity index (χ1v) is 4.66. The molecule has 0 aliphatic heterocycles. The van der Waals surface area contributed by atoms with Crippen molar-refractivity contribution in [3.63, 3.8) is 0 Å². The van der Waals surface area contributed by atoms with Gasteiger partial charge in [0, 0.05) is 29.5 Å². The summed E-state index contributed by atoms with van der Waals surface area (Å²) in [5.41, 5.74) is 7.56. The Morgan fingerprint density at radius 2 is 2.20 bits per heavy atom. The molecule has 0 radical (unpaired) electrons. The zero-order valence-electron chi connectivity index (χ0n) is 7.93. The van der Waals surface area contributed by atoms with Gasteiger partial charge in [-0.15, -0.1) is 12.4 Å². The lowest BCUT2D eigenvalue weighted by molar-refractivity contribution is 0.983. The minimum atomic E-state index is 0. The van der Waals surface area contributed by atoms with Gasteiger partial charge in [0.2, 0.25) is 0 Å². The Morgan fingerprint density at radius 3 is 2.80 bits per heavy atom. The summed E-state index contributed by atoms with van der Waals surface area (Å²) in [4.78, 5) is 3.98. The van der Waals surface area contributed by atoms with E-state index in [1.54, 1.807) is 12.5 Å². The molecule has 5 heteroatoms. The van der Waals surface area contributed by atoms with Crippen LogP contribution in [0, 0.1) is 0 Å². The quantitative estimate of drug-likeness (QED) is 0.881. The van der Waals surface area contributed by atoms with E-state index in [9.17, 15) is 0 Å². The van der Waals surface area contributed by atoms with Crippen molar-refractivity contribution in [1.82, 2.24) is 9.55 Å². The van der Waals surface area contributed by atoms with Crippen molar-refractivity contribution < 1.29 is 0 Å².